The lowest BCUT2D eigenvalue weighted by atomic mass is 10.2. The van der Waals surface area contributed by atoms with Gasteiger partial charge in [0.2, 0.25) is 0 Å². The van der Waals surface area contributed by atoms with E-state index in [2.05, 4.69) is 15.3 Å². The summed E-state index contributed by atoms with van der Waals surface area (Å²) in [5.41, 5.74) is 0.343. The lowest BCUT2D eigenvalue weighted by Gasteiger charge is -2.10. The number of nitrogens with one attached hydrogen (secondary N) is 1. The molecule has 104 valence electrons. The second kappa shape index (κ2) is 5.92. The fourth-order valence-corrected chi connectivity index (χ4v) is 1.89. The summed E-state index contributed by atoms with van der Waals surface area (Å²) in [7, 11) is 0. The third-order valence-corrected chi connectivity index (χ3v) is 2.88. The minimum absolute atomic E-state index is 0.0228. The van der Waals surface area contributed by atoms with Gasteiger partial charge in [0.1, 0.15) is 28.4 Å². The Balaban J connectivity index is 2.24. The number of aromatic nitrogens is 2. The summed E-state index contributed by atoms with van der Waals surface area (Å²) < 4.78 is 26.3. The largest absolute Gasteiger partial charge is 0.365 e. The standard InChI is InChI=1S/C13H10ClF2N3O/c1-7-18-12(14)10(6-20)13(19-7)17-5-8-2-3-9(15)4-11(8)16/h2-4,6H,5H2,1H3,(H,17,18,19). The topological polar surface area (TPSA) is 54.9 Å². The molecule has 1 aromatic carbocycles. The van der Waals surface area contributed by atoms with Gasteiger partial charge in [-0.1, -0.05) is 17.7 Å². The van der Waals surface area contributed by atoms with Crippen molar-refractivity contribution in [2.45, 2.75) is 13.5 Å². The van der Waals surface area contributed by atoms with Crippen LogP contribution in [-0.4, -0.2) is 16.3 Å². The van der Waals surface area contributed by atoms with E-state index in [0.29, 0.717) is 12.1 Å². The first-order valence-electron chi connectivity index (χ1n) is 5.68. The Morgan fingerprint density at radius 2 is 2.10 bits per heavy atom. The molecule has 0 unspecified atom stereocenters. The predicted octanol–water partition coefficient (Wildman–Crippen LogP) is 3.14. The first-order chi connectivity index (χ1) is 9.51. The lowest BCUT2D eigenvalue weighted by Crippen LogP contribution is -2.08. The number of halogens is 3. The third kappa shape index (κ3) is 3.08. The van der Waals surface area contributed by atoms with E-state index in [1.54, 1.807) is 6.92 Å². The normalized spacial score (nSPS) is 10.4. The van der Waals surface area contributed by atoms with Crippen LogP contribution in [0.1, 0.15) is 21.7 Å². The summed E-state index contributed by atoms with van der Waals surface area (Å²) >= 11 is 5.82. The molecule has 0 aliphatic heterocycles. The zero-order chi connectivity index (χ0) is 14.7. The van der Waals surface area contributed by atoms with Crippen LogP contribution >= 0.6 is 11.6 Å². The Morgan fingerprint density at radius 1 is 1.35 bits per heavy atom. The molecular weight excluding hydrogens is 288 g/mol. The van der Waals surface area contributed by atoms with E-state index in [-0.39, 0.29) is 28.6 Å². The van der Waals surface area contributed by atoms with E-state index in [1.165, 1.54) is 6.07 Å². The van der Waals surface area contributed by atoms with Gasteiger partial charge in [-0.15, -0.1) is 0 Å². The average Bonchev–Trinajstić information content (AvgIpc) is 2.37. The van der Waals surface area contributed by atoms with Crippen molar-refractivity contribution in [3.8, 4) is 0 Å². The summed E-state index contributed by atoms with van der Waals surface area (Å²) in [4.78, 5) is 18.8. The number of carbonyl (C=O) groups excluding carboxylic acids is 1. The molecule has 2 rings (SSSR count). The molecular formula is C13H10ClF2N3O. The highest BCUT2D eigenvalue weighted by molar-refractivity contribution is 6.32. The van der Waals surface area contributed by atoms with Crippen LogP contribution in [0, 0.1) is 18.6 Å². The van der Waals surface area contributed by atoms with Crippen molar-refractivity contribution < 1.29 is 13.6 Å². The van der Waals surface area contributed by atoms with E-state index in [1.807, 2.05) is 0 Å². The van der Waals surface area contributed by atoms with Crippen molar-refractivity contribution in [1.29, 1.82) is 0 Å². The van der Waals surface area contributed by atoms with E-state index in [4.69, 9.17) is 11.6 Å². The number of benzene rings is 1. The van der Waals surface area contributed by atoms with Crippen LogP contribution in [0.15, 0.2) is 18.2 Å². The highest BCUT2D eigenvalue weighted by Crippen LogP contribution is 2.20. The Kier molecular flexibility index (Phi) is 4.24. The number of nitrogens with zero attached hydrogens (tertiary/aromatic N) is 2. The molecule has 20 heavy (non-hydrogen) atoms. The van der Waals surface area contributed by atoms with Gasteiger partial charge in [0, 0.05) is 18.2 Å². The molecule has 7 heteroatoms. The maximum atomic E-state index is 13.5. The molecule has 2 aromatic rings. The molecule has 0 amide bonds. The quantitative estimate of drug-likeness (QED) is 0.696. The smallest absolute Gasteiger partial charge is 0.156 e. The molecule has 1 N–H and O–H groups in total. The van der Waals surface area contributed by atoms with Crippen molar-refractivity contribution in [2.24, 2.45) is 0 Å². The number of rotatable bonds is 4. The lowest BCUT2D eigenvalue weighted by molar-refractivity contribution is 0.112. The van der Waals surface area contributed by atoms with Crippen LogP contribution in [-0.2, 0) is 6.54 Å². The maximum absolute atomic E-state index is 13.5. The SMILES string of the molecule is Cc1nc(Cl)c(C=O)c(NCc2ccc(F)cc2F)n1. The summed E-state index contributed by atoms with van der Waals surface area (Å²) in [5.74, 6) is -0.744. The van der Waals surface area contributed by atoms with Gasteiger partial charge in [-0.2, -0.15) is 0 Å². The van der Waals surface area contributed by atoms with Gasteiger partial charge in [-0.25, -0.2) is 18.7 Å². The van der Waals surface area contributed by atoms with Crippen LogP contribution in [0.25, 0.3) is 0 Å². The molecule has 0 saturated heterocycles. The molecule has 4 nitrogen and oxygen atoms in total. The van der Waals surface area contributed by atoms with Crippen LogP contribution in [0.3, 0.4) is 0 Å². The number of aldehydes is 1. The predicted molar refractivity (Wildman–Crippen MR) is 70.9 cm³/mol. The van der Waals surface area contributed by atoms with Gasteiger partial charge in [0.25, 0.3) is 0 Å². The maximum Gasteiger partial charge on any atom is 0.156 e. The monoisotopic (exact) mass is 297 g/mol. The Morgan fingerprint density at radius 3 is 2.75 bits per heavy atom. The minimum atomic E-state index is -0.679. The summed E-state index contributed by atoms with van der Waals surface area (Å²) in [6, 6.07) is 3.25. The second-order valence-corrected chi connectivity index (χ2v) is 4.39. The molecule has 1 aromatic heterocycles. The van der Waals surface area contributed by atoms with Crippen molar-refractivity contribution in [1.82, 2.24) is 9.97 Å². The highest BCUT2D eigenvalue weighted by Gasteiger charge is 2.11. The van der Waals surface area contributed by atoms with Crippen LogP contribution in [0.2, 0.25) is 5.15 Å². The summed E-state index contributed by atoms with van der Waals surface area (Å²) in [6.45, 7) is 1.66. The van der Waals surface area contributed by atoms with E-state index < -0.39 is 11.6 Å². The molecule has 0 fully saturated rings. The molecule has 0 aliphatic carbocycles. The number of carbonyl (C=O) groups is 1. The van der Waals surface area contributed by atoms with E-state index in [0.717, 1.165) is 12.1 Å². The molecule has 0 radical (unpaired) electrons. The van der Waals surface area contributed by atoms with E-state index in [9.17, 15) is 13.6 Å². The Bertz CT molecular complexity index is 664. The fraction of sp³-hybridized carbons (Fsp3) is 0.154. The number of anilines is 1. The summed E-state index contributed by atoms with van der Waals surface area (Å²) in [5, 5.41) is 2.82. The van der Waals surface area contributed by atoms with Crippen LogP contribution in [0.4, 0.5) is 14.6 Å². The van der Waals surface area contributed by atoms with Crippen LogP contribution in [0.5, 0.6) is 0 Å². The molecule has 1 heterocycles. The molecule has 0 bridgehead atoms. The first kappa shape index (κ1) is 14.3. The van der Waals surface area contributed by atoms with Crippen molar-refractivity contribution in [3.63, 3.8) is 0 Å². The molecule has 0 atom stereocenters. The molecule has 0 saturated carbocycles. The number of hydrogen-bond acceptors (Lipinski definition) is 4. The van der Waals surface area contributed by atoms with Crippen molar-refractivity contribution in [3.05, 3.63) is 51.9 Å². The van der Waals surface area contributed by atoms with E-state index >= 15 is 0 Å². The van der Waals surface area contributed by atoms with Crippen LogP contribution < -0.4 is 5.32 Å². The molecule has 0 aliphatic rings. The van der Waals surface area contributed by atoms with Crippen molar-refractivity contribution >= 4 is 23.7 Å². The fourth-order valence-electron chi connectivity index (χ4n) is 1.63. The van der Waals surface area contributed by atoms with Gasteiger partial charge < -0.3 is 5.32 Å². The Hall–Kier alpha value is -2.08. The van der Waals surface area contributed by atoms with Gasteiger partial charge in [-0.3, -0.25) is 4.79 Å². The first-order valence-corrected chi connectivity index (χ1v) is 6.06. The third-order valence-electron chi connectivity index (χ3n) is 2.59. The zero-order valence-corrected chi connectivity index (χ0v) is 11.2. The van der Waals surface area contributed by atoms with Gasteiger partial charge in [-0.05, 0) is 13.0 Å². The Labute approximate surface area is 118 Å². The van der Waals surface area contributed by atoms with Gasteiger partial charge >= 0.3 is 0 Å². The summed E-state index contributed by atoms with van der Waals surface area (Å²) in [6.07, 6.45) is 0.519. The van der Waals surface area contributed by atoms with Gasteiger partial charge in [0.05, 0.1) is 5.56 Å². The van der Waals surface area contributed by atoms with Crippen molar-refractivity contribution in [2.75, 3.05) is 5.32 Å². The highest BCUT2D eigenvalue weighted by atomic mass is 35.5. The number of aryl methyl sites for hydroxylation is 1. The second-order valence-electron chi connectivity index (χ2n) is 4.03. The minimum Gasteiger partial charge on any atom is -0.365 e. The zero-order valence-electron chi connectivity index (χ0n) is 10.5. The average molecular weight is 298 g/mol. The molecule has 0 spiro atoms. The van der Waals surface area contributed by atoms with Gasteiger partial charge in [0.15, 0.2) is 6.29 Å². The number of hydrogen-bond donors (Lipinski definition) is 1.